The van der Waals surface area contributed by atoms with Crippen molar-refractivity contribution in [3.63, 3.8) is 0 Å². The molecule has 0 saturated carbocycles. The number of hydrogen-bond acceptors (Lipinski definition) is 6. The van der Waals surface area contributed by atoms with Gasteiger partial charge >= 0.3 is 0 Å². The molecule has 1 aromatic carbocycles. The Morgan fingerprint density at radius 3 is 2.72 bits per heavy atom. The minimum atomic E-state index is -0.00927. The number of piperidine rings is 1. The van der Waals surface area contributed by atoms with Crippen molar-refractivity contribution in [2.24, 2.45) is 5.92 Å². The minimum Gasteiger partial charge on any atom is -0.493 e. The molecule has 29 heavy (non-hydrogen) atoms. The molecule has 1 aliphatic rings. The molecule has 2 heterocycles. The van der Waals surface area contributed by atoms with Gasteiger partial charge < -0.3 is 19.7 Å². The number of carbonyl (C=O) groups excluding carboxylic acids is 1. The molecule has 7 heteroatoms. The van der Waals surface area contributed by atoms with Gasteiger partial charge in [0.05, 0.1) is 14.2 Å². The van der Waals surface area contributed by atoms with Crippen molar-refractivity contribution in [2.45, 2.75) is 33.1 Å². The van der Waals surface area contributed by atoms with Gasteiger partial charge in [0.2, 0.25) is 5.95 Å². The highest BCUT2D eigenvalue weighted by Crippen LogP contribution is 2.27. The van der Waals surface area contributed by atoms with Crippen LogP contribution in [-0.4, -0.2) is 54.6 Å². The molecule has 2 aromatic rings. The van der Waals surface area contributed by atoms with Gasteiger partial charge in [-0.25, -0.2) is 9.97 Å². The number of rotatable bonds is 7. The third kappa shape index (κ3) is 5.37. The zero-order valence-electron chi connectivity index (χ0n) is 17.7. The van der Waals surface area contributed by atoms with Gasteiger partial charge in [-0.1, -0.05) is 13.0 Å². The van der Waals surface area contributed by atoms with E-state index in [1.54, 1.807) is 20.3 Å². The van der Waals surface area contributed by atoms with Gasteiger partial charge in [0, 0.05) is 25.3 Å². The van der Waals surface area contributed by atoms with Gasteiger partial charge in [0.25, 0.3) is 5.91 Å². The van der Waals surface area contributed by atoms with E-state index in [9.17, 15) is 4.79 Å². The lowest BCUT2D eigenvalue weighted by Gasteiger charge is -2.30. The van der Waals surface area contributed by atoms with E-state index in [-0.39, 0.29) is 5.91 Å². The molecule has 1 aromatic heterocycles. The summed E-state index contributed by atoms with van der Waals surface area (Å²) in [4.78, 5) is 23.7. The third-order valence-corrected chi connectivity index (χ3v) is 5.16. The van der Waals surface area contributed by atoms with Gasteiger partial charge in [-0.05, 0) is 55.9 Å². The number of benzene rings is 1. The summed E-state index contributed by atoms with van der Waals surface area (Å²) in [6, 6.07) is 7.63. The molecular formula is C22H30N4O3. The largest absolute Gasteiger partial charge is 0.493 e. The van der Waals surface area contributed by atoms with Crippen LogP contribution in [0.15, 0.2) is 24.3 Å². The van der Waals surface area contributed by atoms with Crippen molar-refractivity contribution in [3.05, 3.63) is 41.2 Å². The van der Waals surface area contributed by atoms with Crippen LogP contribution in [0.5, 0.6) is 11.5 Å². The van der Waals surface area contributed by atoms with Crippen LogP contribution in [0.2, 0.25) is 0 Å². The van der Waals surface area contributed by atoms with Gasteiger partial charge in [0.1, 0.15) is 5.69 Å². The second kappa shape index (κ2) is 9.58. The molecule has 156 valence electrons. The van der Waals surface area contributed by atoms with Crippen LogP contribution in [0.1, 0.15) is 41.5 Å². The normalized spacial score (nSPS) is 16.4. The van der Waals surface area contributed by atoms with Crippen molar-refractivity contribution < 1.29 is 14.3 Å². The Balaban J connectivity index is 1.63. The van der Waals surface area contributed by atoms with E-state index in [0.717, 1.165) is 37.2 Å². The van der Waals surface area contributed by atoms with E-state index in [1.165, 1.54) is 6.42 Å². The Bertz CT molecular complexity index is 856. The van der Waals surface area contributed by atoms with E-state index in [2.05, 4.69) is 22.2 Å². The average molecular weight is 399 g/mol. The molecule has 0 spiro atoms. The van der Waals surface area contributed by atoms with E-state index < -0.39 is 0 Å². The Hall–Kier alpha value is -2.83. The summed E-state index contributed by atoms with van der Waals surface area (Å²) in [5, 5.41) is 3.24. The summed E-state index contributed by atoms with van der Waals surface area (Å²) in [6.45, 7) is 6.31. The highest BCUT2D eigenvalue weighted by Gasteiger charge is 2.23. The van der Waals surface area contributed by atoms with E-state index in [4.69, 9.17) is 9.47 Å². The van der Waals surface area contributed by atoms with Crippen LogP contribution in [0.3, 0.4) is 0 Å². The maximum atomic E-state index is 12.9. The summed E-state index contributed by atoms with van der Waals surface area (Å²) >= 11 is 0. The number of aromatic nitrogens is 2. The van der Waals surface area contributed by atoms with Crippen LogP contribution in [-0.2, 0) is 6.42 Å². The molecule has 1 amide bonds. The lowest BCUT2D eigenvalue weighted by Crippen LogP contribution is -2.39. The molecule has 1 atom stereocenters. The highest BCUT2D eigenvalue weighted by molar-refractivity contribution is 5.92. The Kier molecular flexibility index (Phi) is 6.90. The van der Waals surface area contributed by atoms with Crippen LogP contribution in [0.4, 0.5) is 5.95 Å². The maximum absolute atomic E-state index is 12.9. The molecular weight excluding hydrogens is 368 g/mol. The number of amides is 1. The standard InChI is InChI=1S/C22H30N4O3/c1-15-6-5-11-26(14-15)21(27)18-12-16(2)24-22(25-18)23-10-9-17-7-8-19(28-3)20(13-17)29-4/h7-8,12-13,15H,5-6,9-11,14H2,1-4H3,(H,23,24,25). The molecule has 1 fully saturated rings. The summed E-state index contributed by atoms with van der Waals surface area (Å²) in [7, 11) is 3.25. The fraction of sp³-hybridized carbons (Fsp3) is 0.500. The monoisotopic (exact) mass is 398 g/mol. The third-order valence-electron chi connectivity index (χ3n) is 5.16. The van der Waals surface area contributed by atoms with Crippen molar-refractivity contribution >= 4 is 11.9 Å². The van der Waals surface area contributed by atoms with Gasteiger partial charge in [-0.15, -0.1) is 0 Å². The average Bonchev–Trinajstić information content (AvgIpc) is 2.72. The number of ether oxygens (including phenoxy) is 2. The number of anilines is 1. The second-order valence-electron chi connectivity index (χ2n) is 7.58. The summed E-state index contributed by atoms with van der Waals surface area (Å²) in [5.41, 5.74) is 2.35. The van der Waals surface area contributed by atoms with Crippen LogP contribution >= 0.6 is 0 Å². The van der Waals surface area contributed by atoms with Gasteiger partial charge in [-0.2, -0.15) is 0 Å². The summed E-state index contributed by atoms with van der Waals surface area (Å²) < 4.78 is 10.6. The number of methoxy groups -OCH3 is 2. The lowest BCUT2D eigenvalue weighted by molar-refractivity contribution is 0.0677. The van der Waals surface area contributed by atoms with Crippen LogP contribution in [0, 0.1) is 12.8 Å². The molecule has 0 radical (unpaired) electrons. The van der Waals surface area contributed by atoms with Crippen molar-refractivity contribution in [3.8, 4) is 11.5 Å². The molecule has 3 rings (SSSR count). The SMILES string of the molecule is COc1ccc(CCNc2nc(C)cc(C(=O)N3CCCC(C)C3)n2)cc1OC. The quantitative estimate of drug-likeness (QED) is 0.771. The summed E-state index contributed by atoms with van der Waals surface area (Å²) in [6.07, 6.45) is 2.99. The number of likely N-dealkylation sites (tertiary alicyclic amines) is 1. The first-order valence-electron chi connectivity index (χ1n) is 10.1. The fourth-order valence-electron chi connectivity index (χ4n) is 3.65. The maximum Gasteiger partial charge on any atom is 0.272 e. The molecule has 1 saturated heterocycles. The second-order valence-corrected chi connectivity index (χ2v) is 7.58. The smallest absolute Gasteiger partial charge is 0.272 e. The van der Waals surface area contributed by atoms with E-state index in [0.29, 0.717) is 35.6 Å². The Morgan fingerprint density at radius 1 is 1.21 bits per heavy atom. The zero-order valence-corrected chi connectivity index (χ0v) is 17.7. The first-order chi connectivity index (χ1) is 14.0. The van der Waals surface area contributed by atoms with Gasteiger partial charge in [-0.3, -0.25) is 4.79 Å². The zero-order chi connectivity index (χ0) is 20.8. The van der Waals surface area contributed by atoms with E-state index in [1.807, 2.05) is 30.0 Å². The van der Waals surface area contributed by atoms with Gasteiger partial charge in [0.15, 0.2) is 11.5 Å². The first kappa shape index (κ1) is 20.9. The first-order valence-corrected chi connectivity index (χ1v) is 10.1. The number of aryl methyl sites for hydroxylation is 1. The van der Waals surface area contributed by atoms with Crippen molar-refractivity contribution in [1.29, 1.82) is 0 Å². The van der Waals surface area contributed by atoms with Crippen molar-refractivity contribution in [1.82, 2.24) is 14.9 Å². The highest BCUT2D eigenvalue weighted by atomic mass is 16.5. The Labute approximate surface area is 172 Å². The molecule has 1 unspecified atom stereocenters. The van der Waals surface area contributed by atoms with Crippen molar-refractivity contribution in [2.75, 3.05) is 39.2 Å². The lowest BCUT2D eigenvalue weighted by atomic mass is 10.00. The number of hydrogen-bond donors (Lipinski definition) is 1. The number of carbonyl (C=O) groups is 1. The molecule has 1 N–H and O–H groups in total. The number of nitrogens with zero attached hydrogens (tertiary/aromatic N) is 3. The Morgan fingerprint density at radius 2 is 2.00 bits per heavy atom. The molecule has 7 nitrogen and oxygen atoms in total. The molecule has 0 aliphatic carbocycles. The molecule has 1 aliphatic heterocycles. The minimum absolute atomic E-state index is 0.00927. The topological polar surface area (TPSA) is 76.6 Å². The summed E-state index contributed by atoms with van der Waals surface area (Å²) in [5.74, 6) is 2.43. The predicted octanol–water partition coefficient (Wildman–Crippen LogP) is 3.33. The van der Waals surface area contributed by atoms with E-state index >= 15 is 0 Å². The molecule has 0 bridgehead atoms. The fourth-order valence-corrected chi connectivity index (χ4v) is 3.65. The van der Waals surface area contributed by atoms with Crippen LogP contribution in [0.25, 0.3) is 0 Å². The predicted molar refractivity (Wildman–Crippen MR) is 113 cm³/mol. The van der Waals surface area contributed by atoms with Crippen LogP contribution < -0.4 is 14.8 Å². The number of nitrogens with one attached hydrogen (secondary N) is 1.